The zero-order valence-corrected chi connectivity index (χ0v) is 14.4. The number of rotatable bonds is 5. The SMILES string of the molecule is CCOC(=O)/C=C/C(=O)Nc1nc(-c2ccc3ccccc3c2)cs1. The van der Waals surface area contributed by atoms with Crippen molar-refractivity contribution >= 4 is 39.1 Å². The van der Waals surface area contributed by atoms with Crippen molar-refractivity contribution in [2.45, 2.75) is 6.92 Å². The molecule has 0 aliphatic rings. The first-order valence-electron chi connectivity index (χ1n) is 7.76. The number of benzene rings is 2. The Hall–Kier alpha value is -2.99. The molecule has 0 radical (unpaired) electrons. The largest absolute Gasteiger partial charge is 0.463 e. The van der Waals surface area contributed by atoms with Crippen molar-refractivity contribution < 1.29 is 14.3 Å². The van der Waals surface area contributed by atoms with Crippen molar-refractivity contribution in [3.8, 4) is 11.3 Å². The van der Waals surface area contributed by atoms with E-state index in [2.05, 4.69) is 22.4 Å². The van der Waals surface area contributed by atoms with E-state index < -0.39 is 11.9 Å². The van der Waals surface area contributed by atoms with Gasteiger partial charge in [-0.3, -0.25) is 10.1 Å². The van der Waals surface area contributed by atoms with Gasteiger partial charge in [0, 0.05) is 23.1 Å². The van der Waals surface area contributed by atoms with Gasteiger partial charge in [0.25, 0.3) is 0 Å². The molecular formula is C19H16N2O3S. The van der Waals surface area contributed by atoms with Crippen LogP contribution in [0.15, 0.2) is 60.0 Å². The van der Waals surface area contributed by atoms with E-state index in [0.717, 1.165) is 28.8 Å². The van der Waals surface area contributed by atoms with Crippen molar-refractivity contribution in [2.75, 3.05) is 11.9 Å². The first-order chi connectivity index (χ1) is 12.2. The minimum atomic E-state index is -0.548. The van der Waals surface area contributed by atoms with E-state index in [-0.39, 0.29) is 6.61 Å². The van der Waals surface area contributed by atoms with Crippen LogP contribution in [0.5, 0.6) is 0 Å². The molecule has 1 N–H and O–H groups in total. The van der Waals surface area contributed by atoms with Crippen molar-refractivity contribution in [3.63, 3.8) is 0 Å². The number of fused-ring (bicyclic) bond motifs is 1. The lowest BCUT2D eigenvalue weighted by molar-refractivity contribution is -0.137. The zero-order valence-electron chi connectivity index (χ0n) is 13.6. The van der Waals surface area contributed by atoms with Crippen LogP contribution in [0.1, 0.15) is 6.92 Å². The van der Waals surface area contributed by atoms with Gasteiger partial charge >= 0.3 is 5.97 Å². The van der Waals surface area contributed by atoms with E-state index in [1.807, 2.05) is 35.7 Å². The Labute approximate surface area is 149 Å². The highest BCUT2D eigenvalue weighted by Gasteiger charge is 2.07. The fourth-order valence-electron chi connectivity index (χ4n) is 2.29. The second-order valence-corrected chi connectivity index (χ2v) is 6.03. The molecule has 3 rings (SSSR count). The molecule has 6 heteroatoms. The second-order valence-electron chi connectivity index (χ2n) is 5.17. The molecule has 5 nitrogen and oxygen atoms in total. The van der Waals surface area contributed by atoms with Gasteiger partial charge in [-0.05, 0) is 23.8 Å². The third-order valence-corrected chi connectivity index (χ3v) is 4.19. The van der Waals surface area contributed by atoms with Crippen LogP contribution in [-0.2, 0) is 14.3 Å². The van der Waals surface area contributed by atoms with Crippen LogP contribution in [-0.4, -0.2) is 23.5 Å². The van der Waals surface area contributed by atoms with Gasteiger partial charge in [-0.15, -0.1) is 11.3 Å². The summed E-state index contributed by atoms with van der Waals surface area (Å²) in [5, 5.41) is 7.30. The molecule has 2 aromatic carbocycles. The molecule has 0 bridgehead atoms. The fraction of sp³-hybridized carbons (Fsp3) is 0.105. The average molecular weight is 352 g/mol. The molecular weight excluding hydrogens is 336 g/mol. The van der Waals surface area contributed by atoms with Crippen molar-refractivity contribution in [1.29, 1.82) is 0 Å². The number of carbonyl (C=O) groups is 2. The lowest BCUT2D eigenvalue weighted by Gasteiger charge is -2.01. The van der Waals surface area contributed by atoms with Crippen molar-refractivity contribution in [1.82, 2.24) is 4.98 Å². The molecule has 0 aliphatic carbocycles. The summed E-state index contributed by atoms with van der Waals surface area (Å²) in [6.45, 7) is 1.97. The maximum atomic E-state index is 11.8. The summed E-state index contributed by atoms with van der Waals surface area (Å²) in [6.07, 6.45) is 2.23. The highest BCUT2D eigenvalue weighted by atomic mass is 32.1. The Kier molecular flexibility index (Phi) is 5.20. The summed E-state index contributed by atoms with van der Waals surface area (Å²) >= 11 is 1.33. The minimum Gasteiger partial charge on any atom is -0.463 e. The molecule has 1 heterocycles. The highest BCUT2D eigenvalue weighted by molar-refractivity contribution is 7.14. The maximum absolute atomic E-state index is 11.8. The predicted octanol–water partition coefficient (Wildman–Crippen LogP) is 4.02. The molecule has 0 fully saturated rings. The Morgan fingerprint density at radius 2 is 1.96 bits per heavy atom. The predicted molar refractivity (Wildman–Crippen MR) is 99.5 cm³/mol. The van der Waals surface area contributed by atoms with Gasteiger partial charge in [0.15, 0.2) is 5.13 Å². The number of amides is 1. The number of thiazole rings is 1. The maximum Gasteiger partial charge on any atom is 0.330 e. The third kappa shape index (κ3) is 4.30. The first kappa shape index (κ1) is 16.9. The van der Waals surface area contributed by atoms with Crippen LogP contribution in [0.3, 0.4) is 0 Å². The number of nitrogens with zero attached hydrogens (tertiary/aromatic N) is 1. The summed E-state index contributed by atoms with van der Waals surface area (Å²) in [7, 11) is 0. The summed E-state index contributed by atoms with van der Waals surface area (Å²) in [5.74, 6) is -0.971. The molecule has 3 aromatic rings. The molecule has 0 aliphatic heterocycles. The van der Waals surface area contributed by atoms with E-state index in [0.29, 0.717) is 5.13 Å². The van der Waals surface area contributed by atoms with Crippen molar-refractivity contribution in [2.24, 2.45) is 0 Å². The summed E-state index contributed by atoms with van der Waals surface area (Å²) in [6, 6.07) is 14.2. The van der Waals surface area contributed by atoms with E-state index in [9.17, 15) is 9.59 Å². The second kappa shape index (κ2) is 7.72. The third-order valence-electron chi connectivity index (χ3n) is 3.44. The number of anilines is 1. The molecule has 126 valence electrons. The fourth-order valence-corrected chi connectivity index (χ4v) is 3.02. The molecule has 0 atom stereocenters. The number of hydrogen-bond acceptors (Lipinski definition) is 5. The molecule has 0 unspecified atom stereocenters. The summed E-state index contributed by atoms with van der Waals surface area (Å²) < 4.78 is 4.72. The number of ether oxygens (including phenoxy) is 1. The summed E-state index contributed by atoms with van der Waals surface area (Å²) in [5.41, 5.74) is 1.78. The number of nitrogens with one attached hydrogen (secondary N) is 1. The smallest absolute Gasteiger partial charge is 0.330 e. The van der Waals surface area contributed by atoms with Crippen LogP contribution < -0.4 is 5.32 Å². The normalized spacial score (nSPS) is 10.9. The van der Waals surface area contributed by atoms with Crippen LogP contribution in [0.25, 0.3) is 22.0 Å². The van der Waals surface area contributed by atoms with Gasteiger partial charge in [-0.1, -0.05) is 36.4 Å². The number of esters is 1. The quantitative estimate of drug-likeness (QED) is 0.556. The van der Waals surface area contributed by atoms with Crippen LogP contribution in [0.2, 0.25) is 0 Å². The van der Waals surface area contributed by atoms with Crippen LogP contribution >= 0.6 is 11.3 Å². The molecule has 25 heavy (non-hydrogen) atoms. The van der Waals surface area contributed by atoms with E-state index in [1.165, 1.54) is 16.7 Å². The molecule has 0 saturated heterocycles. The van der Waals surface area contributed by atoms with Gasteiger partial charge in [-0.25, -0.2) is 9.78 Å². The van der Waals surface area contributed by atoms with Crippen molar-refractivity contribution in [3.05, 3.63) is 60.0 Å². The van der Waals surface area contributed by atoms with Gasteiger partial charge in [0.05, 0.1) is 12.3 Å². The topological polar surface area (TPSA) is 68.3 Å². The molecule has 0 saturated carbocycles. The van der Waals surface area contributed by atoms with Crippen LogP contribution in [0.4, 0.5) is 5.13 Å². The number of carbonyl (C=O) groups excluding carboxylic acids is 2. The van der Waals surface area contributed by atoms with E-state index >= 15 is 0 Å². The Morgan fingerprint density at radius 1 is 1.16 bits per heavy atom. The van der Waals surface area contributed by atoms with E-state index in [1.54, 1.807) is 6.92 Å². The minimum absolute atomic E-state index is 0.270. The molecule has 1 amide bonds. The van der Waals surface area contributed by atoms with Gasteiger partial charge in [-0.2, -0.15) is 0 Å². The summed E-state index contributed by atoms with van der Waals surface area (Å²) in [4.78, 5) is 27.4. The number of hydrogen-bond donors (Lipinski definition) is 1. The monoisotopic (exact) mass is 352 g/mol. The molecule has 1 aromatic heterocycles. The van der Waals surface area contributed by atoms with Gasteiger partial charge in [0.2, 0.25) is 5.91 Å². The van der Waals surface area contributed by atoms with Gasteiger partial charge < -0.3 is 4.74 Å². The Bertz CT molecular complexity index is 947. The van der Waals surface area contributed by atoms with Gasteiger partial charge in [0.1, 0.15) is 0 Å². The van der Waals surface area contributed by atoms with E-state index in [4.69, 9.17) is 4.74 Å². The number of aromatic nitrogens is 1. The first-order valence-corrected chi connectivity index (χ1v) is 8.64. The Morgan fingerprint density at radius 3 is 2.76 bits per heavy atom. The standard InChI is InChI=1S/C19H16N2O3S/c1-2-24-18(23)10-9-17(22)21-19-20-16(12-25-19)15-8-7-13-5-3-4-6-14(13)11-15/h3-12H,2H2,1H3,(H,20,21,22)/b10-9+. The Balaban J connectivity index is 1.71. The lowest BCUT2D eigenvalue weighted by Crippen LogP contribution is -2.09. The lowest BCUT2D eigenvalue weighted by atomic mass is 10.1. The van der Waals surface area contributed by atoms with Crippen LogP contribution in [0, 0.1) is 0 Å². The zero-order chi connectivity index (χ0) is 17.6. The molecule has 0 spiro atoms. The highest BCUT2D eigenvalue weighted by Crippen LogP contribution is 2.27. The average Bonchev–Trinajstić information content (AvgIpc) is 3.08.